The number of benzene rings is 2. The molecule has 0 radical (unpaired) electrons. The van der Waals surface area contributed by atoms with E-state index in [9.17, 15) is 9.18 Å². The number of carbonyl (C=O) groups excluding carboxylic acids is 1. The van der Waals surface area contributed by atoms with Crippen LogP contribution in [0, 0.1) is 5.82 Å². The van der Waals surface area contributed by atoms with E-state index in [0.717, 1.165) is 0 Å². The summed E-state index contributed by atoms with van der Waals surface area (Å²) in [6.07, 6.45) is 1.53. The predicted molar refractivity (Wildman–Crippen MR) is 86.6 cm³/mol. The number of cyclic esters (lactones) is 1. The predicted octanol–water partition coefficient (Wildman–Crippen LogP) is 3.19. The van der Waals surface area contributed by atoms with Crippen LogP contribution in [0.1, 0.15) is 11.1 Å². The minimum Gasteiger partial charge on any atom is -0.497 e. The number of halogens is 1. The first-order chi connectivity index (χ1) is 11.6. The second kappa shape index (κ2) is 6.54. The molecule has 0 saturated carbocycles. The van der Waals surface area contributed by atoms with Gasteiger partial charge in [-0.2, -0.15) is 0 Å². The number of hydrogen-bond acceptors (Lipinski definition) is 5. The molecule has 1 heterocycles. The number of hydrogen-bond donors (Lipinski definition) is 0. The molecule has 0 aliphatic carbocycles. The van der Waals surface area contributed by atoms with Crippen molar-refractivity contribution in [1.29, 1.82) is 0 Å². The van der Waals surface area contributed by atoms with Crippen LogP contribution in [0.4, 0.5) is 4.39 Å². The molecule has 0 saturated heterocycles. The van der Waals surface area contributed by atoms with Crippen LogP contribution in [0.3, 0.4) is 0 Å². The lowest BCUT2D eigenvalue weighted by atomic mass is 10.2. The Hall–Kier alpha value is -3.15. The first-order valence-corrected chi connectivity index (χ1v) is 7.11. The summed E-state index contributed by atoms with van der Waals surface area (Å²) in [5, 5.41) is 0. The summed E-state index contributed by atoms with van der Waals surface area (Å²) < 4.78 is 28.6. The van der Waals surface area contributed by atoms with Crippen LogP contribution < -0.4 is 9.47 Å². The van der Waals surface area contributed by atoms with Gasteiger partial charge < -0.3 is 14.2 Å². The van der Waals surface area contributed by atoms with Gasteiger partial charge in [-0.15, -0.1) is 0 Å². The largest absolute Gasteiger partial charge is 0.497 e. The van der Waals surface area contributed by atoms with Gasteiger partial charge in [-0.3, -0.25) is 0 Å². The monoisotopic (exact) mass is 327 g/mol. The van der Waals surface area contributed by atoms with E-state index in [1.54, 1.807) is 30.3 Å². The van der Waals surface area contributed by atoms with Crippen LogP contribution in [0.5, 0.6) is 11.5 Å². The molecule has 2 aromatic rings. The number of ether oxygens (including phenoxy) is 3. The van der Waals surface area contributed by atoms with Gasteiger partial charge >= 0.3 is 5.97 Å². The van der Waals surface area contributed by atoms with Gasteiger partial charge in [0.2, 0.25) is 5.90 Å². The average Bonchev–Trinajstić information content (AvgIpc) is 2.97. The summed E-state index contributed by atoms with van der Waals surface area (Å²) in [4.78, 5) is 16.2. The van der Waals surface area contributed by atoms with Gasteiger partial charge in [0.05, 0.1) is 19.8 Å². The maximum absolute atomic E-state index is 12.9. The van der Waals surface area contributed by atoms with Crippen molar-refractivity contribution in [2.24, 2.45) is 4.99 Å². The zero-order valence-corrected chi connectivity index (χ0v) is 13.1. The normalized spacial score (nSPS) is 15.2. The molecule has 0 bridgehead atoms. The Bertz CT molecular complexity index is 841. The molecule has 0 amide bonds. The Kier molecular flexibility index (Phi) is 4.29. The molecule has 0 unspecified atom stereocenters. The molecule has 0 atom stereocenters. The second-order valence-electron chi connectivity index (χ2n) is 4.95. The average molecular weight is 327 g/mol. The summed E-state index contributed by atoms with van der Waals surface area (Å²) >= 11 is 0. The fourth-order valence-electron chi connectivity index (χ4n) is 2.22. The van der Waals surface area contributed by atoms with E-state index in [1.165, 1.54) is 32.4 Å². The van der Waals surface area contributed by atoms with Gasteiger partial charge in [0.1, 0.15) is 17.3 Å². The van der Waals surface area contributed by atoms with Crippen LogP contribution in [-0.2, 0) is 9.53 Å². The third-order valence-corrected chi connectivity index (χ3v) is 3.43. The van der Waals surface area contributed by atoms with E-state index in [1.807, 2.05) is 0 Å². The molecule has 24 heavy (non-hydrogen) atoms. The van der Waals surface area contributed by atoms with Gasteiger partial charge in [-0.1, -0.05) is 12.1 Å². The van der Waals surface area contributed by atoms with E-state index >= 15 is 0 Å². The van der Waals surface area contributed by atoms with Crippen molar-refractivity contribution in [3.63, 3.8) is 0 Å². The summed E-state index contributed by atoms with van der Waals surface area (Å²) in [6, 6.07) is 10.8. The lowest BCUT2D eigenvalue weighted by Gasteiger charge is -2.08. The molecular formula is C18H14FNO4. The SMILES string of the molecule is COc1ccc(OC)c(C2=NC(=Cc3ccc(F)cc3)C(=O)O2)c1. The van der Waals surface area contributed by atoms with Gasteiger partial charge in [0, 0.05) is 0 Å². The van der Waals surface area contributed by atoms with Gasteiger partial charge in [0.25, 0.3) is 0 Å². The first kappa shape index (κ1) is 15.7. The molecule has 122 valence electrons. The number of aliphatic imine (C=N–C) groups is 1. The Morgan fingerprint density at radius 1 is 1.08 bits per heavy atom. The minimum absolute atomic E-state index is 0.126. The Balaban J connectivity index is 1.98. The maximum Gasteiger partial charge on any atom is 0.363 e. The third-order valence-electron chi connectivity index (χ3n) is 3.43. The zero-order chi connectivity index (χ0) is 17.1. The van der Waals surface area contributed by atoms with Crippen LogP contribution in [0.25, 0.3) is 6.08 Å². The zero-order valence-electron chi connectivity index (χ0n) is 13.1. The standard InChI is InChI=1S/C18H14FNO4/c1-22-13-7-8-16(23-2)14(10-13)17-20-15(18(21)24-17)9-11-3-5-12(19)6-4-11/h3-10H,1-2H3. The van der Waals surface area contributed by atoms with Gasteiger partial charge in [-0.05, 0) is 42.0 Å². The molecule has 5 nitrogen and oxygen atoms in total. The smallest absolute Gasteiger partial charge is 0.363 e. The number of carbonyl (C=O) groups is 1. The molecular weight excluding hydrogens is 313 g/mol. The molecule has 1 aliphatic heterocycles. The number of methoxy groups -OCH3 is 2. The second-order valence-corrected chi connectivity index (χ2v) is 4.95. The van der Waals surface area contributed by atoms with Crippen molar-refractivity contribution in [1.82, 2.24) is 0 Å². The highest BCUT2D eigenvalue weighted by molar-refractivity contribution is 6.13. The molecule has 0 N–H and O–H groups in total. The van der Waals surface area contributed by atoms with Crippen molar-refractivity contribution in [3.05, 3.63) is 65.1 Å². The number of nitrogens with zero attached hydrogens (tertiary/aromatic N) is 1. The van der Waals surface area contributed by atoms with Crippen molar-refractivity contribution in [3.8, 4) is 11.5 Å². The quantitative estimate of drug-likeness (QED) is 0.639. The molecule has 6 heteroatoms. The molecule has 0 aromatic heterocycles. The van der Waals surface area contributed by atoms with E-state index in [0.29, 0.717) is 22.6 Å². The van der Waals surface area contributed by atoms with E-state index in [4.69, 9.17) is 14.2 Å². The van der Waals surface area contributed by atoms with E-state index < -0.39 is 5.97 Å². The van der Waals surface area contributed by atoms with Crippen molar-refractivity contribution in [2.45, 2.75) is 0 Å². The maximum atomic E-state index is 12.9. The fourth-order valence-corrected chi connectivity index (χ4v) is 2.22. The number of rotatable bonds is 4. The Labute approximate surface area is 138 Å². The first-order valence-electron chi connectivity index (χ1n) is 7.11. The summed E-state index contributed by atoms with van der Waals surface area (Å²) in [5.41, 5.74) is 1.28. The van der Waals surface area contributed by atoms with Gasteiger partial charge in [0.15, 0.2) is 5.70 Å². The van der Waals surface area contributed by atoms with Crippen LogP contribution in [-0.4, -0.2) is 26.1 Å². The van der Waals surface area contributed by atoms with Crippen molar-refractivity contribution < 1.29 is 23.4 Å². The minimum atomic E-state index is -0.584. The van der Waals surface area contributed by atoms with Crippen molar-refractivity contribution >= 4 is 17.9 Å². The molecule has 0 spiro atoms. The van der Waals surface area contributed by atoms with Crippen molar-refractivity contribution in [2.75, 3.05) is 14.2 Å². The lowest BCUT2D eigenvalue weighted by Crippen LogP contribution is -2.07. The highest BCUT2D eigenvalue weighted by Gasteiger charge is 2.26. The van der Waals surface area contributed by atoms with Crippen LogP contribution in [0.15, 0.2) is 53.2 Å². The summed E-state index contributed by atoms with van der Waals surface area (Å²) in [5.74, 6) is 0.283. The highest BCUT2D eigenvalue weighted by atomic mass is 19.1. The fraction of sp³-hybridized carbons (Fsp3) is 0.111. The topological polar surface area (TPSA) is 57.1 Å². The van der Waals surface area contributed by atoms with Crippen LogP contribution >= 0.6 is 0 Å². The number of esters is 1. The molecule has 1 aliphatic rings. The van der Waals surface area contributed by atoms with E-state index in [2.05, 4.69) is 4.99 Å². The third kappa shape index (κ3) is 3.12. The highest BCUT2D eigenvalue weighted by Crippen LogP contribution is 2.28. The Morgan fingerprint density at radius 3 is 2.50 bits per heavy atom. The molecule has 2 aromatic carbocycles. The lowest BCUT2D eigenvalue weighted by molar-refractivity contribution is -0.129. The van der Waals surface area contributed by atoms with Gasteiger partial charge in [-0.25, -0.2) is 14.2 Å². The molecule has 0 fully saturated rings. The summed E-state index contributed by atoms with van der Waals surface area (Å²) in [6.45, 7) is 0. The van der Waals surface area contributed by atoms with Crippen LogP contribution in [0.2, 0.25) is 0 Å². The molecule has 3 rings (SSSR count). The summed E-state index contributed by atoms with van der Waals surface area (Å²) in [7, 11) is 3.05. The Morgan fingerprint density at radius 2 is 1.83 bits per heavy atom. The van der Waals surface area contributed by atoms with E-state index in [-0.39, 0.29) is 17.4 Å².